The summed E-state index contributed by atoms with van der Waals surface area (Å²) in [5, 5.41) is 1.32. The fraction of sp³-hybridized carbons (Fsp3) is 0.400. The average molecular weight is 328 g/mol. The van der Waals surface area contributed by atoms with Gasteiger partial charge in [-0.15, -0.1) is 0 Å². The van der Waals surface area contributed by atoms with Gasteiger partial charge < -0.3 is 4.43 Å². The molecule has 15 heavy (non-hydrogen) atoms. The summed E-state index contributed by atoms with van der Waals surface area (Å²) in [5.74, 6) is 0. The minimum atomic E-state index is -1.57. The highest BCUT2D eigenvalue weighted by atomic mass is 79.9. The number of benzene rings is 1. The Kier molecular flexibility index (Phi) is 5.13. The fourth-order valence-corrected chi connectivity index (χ4v) is 2.52. The molecule has 0 aliphatic carbocycles. The number of hydrogen-bond acceptors (Lipinski definition) is 1. The maximum Gasteiger partial charge on any atom is 0.197 e. The normalized spacial score (nSPS) is 11.8. The van der Waals surface area contributed by atoms with E-state index in [0.29, 0.717) is 16.7 Å². The molecule has 0 heterocycles. The summed E-state index contributed by atoms with van der Waals surface area (Å²) < 4.78 is 5.85. The van der Waals surface area contributed by atoms with Crippen molar-refractivity contribution in [3.8, 4) is 0 Å². The quantitative estimate of drug-likeness (QED) is 0.577. The van der Waals surface area contributed by atoms with Crippen molar-refractivity contribution in [1.82, 2.24) is 0 Å². The Hall–Kier alpha value is 0.457. The molecule has 0 spiro atoms. The van der Waals surface area contributed by atoms with Crippen LogP contribution < -0.4 is 0 Å². The molecule has 1 aromatic carbocycles. The molecule has 0 N–H and O–H groups in total. The molecule has 0 saturated carbocycles. The minimum absolute atomic E-state index is 0.556. The van der Waals surface area contributed by atoms with Gasteiger partial charge in [0.25, 0.3) is 0 Å². The second-order valence-corrected chi connectivity index (χ2v) is 10.5. The maximum absolute atomic E-state index is 6.04. The molecule has 0 aliphatic rings. The van der Waals surface area contributed by atoms with Crippen LogP contribution in [0.4, 0.5) is 0 Å². The van der Waals surface area contributed by atoms with Crippen LogP contribution in [-0.4, -0.2) is 13.3 Å². The Morgan fingerprint density at radius 1 is 1.33 bits per heavy atom. The van der Waals surface area contributed by atoms with E-state index in [-0.39, 0.29) is 0 Å². The Labute approximate surface area is 110 Å². The first-order valence-corrected chi connectivity index (χ1v) is 9.58. The van der Waals surface area contributed by atoms with Crippen LogP contribution in [0.5, 0.6) is 0 Å². The van der Waals surface area contributed by atoms with Crippen molar-refractivity contribution in [1.29, 1.82) is 0 Å². The van der Waals surface area contributed by atoms with Gasteiger partial charge in [0.2, 0.25) is 0 Å². The van der Waals surface area contributed by atoms with E-state index in [4.69, 9.17) is 27.6 Å². The van der Waals surface area contributed by atoms with Crippen molar-refractivity contribution < 1.29 is 4.43 Å². The zero-order chi connectivity index (χ0) is 11.5. The molecule has 0 aliphatic heterocycles. The van der Waals surface area contributed by atoms with Crippen molar-refractivity contribution in [2.75, 3.05) is 4.95 Å². The first-order chi connectivity index (χ1) is 6.94. The number of rotatable bonds is 4. The number of alkyl halides is 1. The van der Waals surface area contributed by atoms with Gasteiger partial charge in [-0.3, -0.25) is 0 Å². The van der Waals surface area contributed by atoms with Crippen LogP contribution in [0.15, 0.2) is 18.2 Å². The third-order valence-electron chi connectivity index (χ3n) is 1.96. The van der Waals surface area contributed by atoms with E-state index in [9.17, 15) is 0 Å². The van der Waals surface area contributed by atoms with Gasteiger partial charge in [-0.05, 0) is 30.8 Å². The molecular formula is C10H13BrCl2OSi. The summed E-state index contributed by atoms with van der Waals surface area (Å²) in [6, 6.07) is 5.47. The molecule has 0 aromatic heterocycles. The zero-order valence-corrected chi connectivity index (χ0v) is 12.8. The molecule has 84 valence electrons. The lowest BCUT2D eigenvalue weighted by molar-refractivity contribution is 0.299. The zero-order valence-electron chi connectivity index (χ0n) is 8.69. The molecule has 1 nitrogen and oxygen atoms in total. The van der Waals surface area contributed by atoms with Gasteiger partial charge in [0.15, 0.2) is 8.32 Å². The van der Waals surface area contributed by atoms with Crippen molar-refractivity contribution in [3.63, 3.8) is 0 Å². The van der Waals surface area contributed by atoms with E-state index in [2.05, 4.69) is 29.0 Å². The molecular weight excluding hydrogens is 315 g/mol. The van der Waals surface area contributed by atoms with E-state index in [1.54, 1.807) is 6.07 Å². The van der Waals surface area contributed by atoms with Crippen molar-refractivity contribution in [3.05, 3.63) is 33.8 Å². The van der Waals surface area contributed by atoms with E-state index < -0.39 is 8.32 Å². The van der Waals surface area contributed by atoms with Crippen LogP contribution in [-0.2, 0) is 11.0 Å². The predicted octanol–water partition coefficient (Wildman–Crippen LogP) is 4.65. The molecule has 0 radical (unpaired) electrons. The van der Waals surface area contributed by atoms with Crippen molar-refractivity contribution in [2.24, 2.45) is 0 Å². The lowest BCUT2D eigenvalue weighted by Crippen LogP contribution is -2.32. The average Bonchev–Trinajstić information content (AvgIpc) is 2.16. The molecule has 0 unspecified atom stereocenters. The van der Waals surface area contributed by atoms with Crippen LogP contribution >= 0.6 is 39.1 Å². The summed E-state index contributed by atoms with van der Waals surface area (Å²) in [5.41, 5.74) is 0.989. The number of halogens is 3. The molecule has 0 amide bonds. The summed E-state index contributed by atoms with van der Waals surface area (Å²) in [7, 11) is -1.57. The Bertz CT molecular complexity index is 344. The Morgan fingerprint density at radius 2 is 2.00 bits per heavy atom. The third kappa shape index (κ3) is 4.45. The van der Waals surface area contributed by atoms with Gasteiger partial charge in [-0.2, -0.15) is 0 Å². The van der Waals surface area contributed by atoms with Crippen LogP contribution in [0.3, 0.4) is 0 Å². The molecule has 1 rings (SSSR count). The van der Waals surface area contributed by atoms with Crippen LogP contribution in [0.25, 0.3) is 0 Å². The summed E-state index contributed by atoms with van der Waals surface area (Å²) in [6.45, 7) is 4.87. The molecule has 0 fully saturated rings. The lowest BCUT2D eigenvalue weighted by atomic mass is 10.2. The molecule has 5 heteroatoms. The molecule has 0 saturated heterocycles. The Balaban J connectivity index is 2.66. The monoisotopic (exact) mass is 326 g/mol. The van der Waals surface area contributed by atoms with Gasteiger partial charge in [-0.1, -0.05) is 45.2 Å². The molecule has 0 atom stereocenters. The van der Waals surface area contributed by atoms with Crippen LogP contribution in [0, 0.1) is 0 Å². The first kappa shape index (κ1) is 13.5. The van der Waals surface area contributed by atoms with Gasteiger partial charge >= 0.3 is 0 Å². The highest BCUT2D eigenvalue weighted by molar-refractivity contribution is 9.09. The summed E-state index contributed by atoms with van der Waals surface area (Å²) in [4.78, 5) is 0.922. The second kappa shape index (κ2) is 5.69. The first-order valence-electron chi connectivity index (χ1n) is 4.58. The largest absolute Gasteiger partial charge is 0.412 e. The van der Waals surface area contributed by atoms with Gasteiger partial charge in [0.1, 0.15) is 0 Å². The topological polar surface area (TPSA) is 9.23 Å². The highest BCUT2D eigenvalue weighted by Crippen LogP contribution is 2.23. The Morgan fingerprint density at radius 3 is 2.53 bits per heavy atom. The standard InChI is InChI=1S/C10H13BrCl2OSi/c1-15(2,7-11)14-6-8-3-4-9(12)5-10(8)13/h3-5H,6-7H2,1-2H3. The molecule has 0 bridgehead atoms. The van der Waals surface area contributed by atoms with Crippen LogP contribution in [0.1, 0.15) is 5.56 Å². The van der Waals surface area contributed by atoms with E-state index in [1.165, 1.54) is 0 Å². The van der Waals surface area contributed by atoms with E-state index in [1.807, 2.05) is 12.1 Å². The van der Waals surface area contributed by atoms with E-state index >= 15 is 0 Å². The highest BCUT2D eigenvalue weighted by Gasteiger charge is 2.20. The SMILES string of the molecule is C[Si](C)(CBr)OCc1ccc(Cl)cc1Cl. The van der Waals surface area contributed by atoms with Gasteiger partial charge in [-0.25, -0.2) is 0 Å². The fourth-order valence-electron chi connectivity index (χ4n) is 0.950. The summed E-state index contributed by atoms with van der Waals surface area (Å²) in [6.07, 6.45) is 0. The predicted molar refractivity (Wildman–Crippen MR) is 72.5 cm³/mol. The van der Waals surface area contributed by atoms with Crippen molar-refractivity contribution >= 4 is 47.4 Å². The smallest absolute Gasteiger partial charge is 0.197 e. The third-order valence-corrected chi connectivity index (χ3v) is 8.16. The second-order valence-electron chi connectivity index (χ2n) is 3.92. The summed E-state index contributed by atoms with van der Waals surface area (Å²) >= 11 is 15.3. The number of hydrogen-bond donors (Lipinski definition) is 0. The minimum Gasteiger partial charge on any atom is -0.412 e. The lowest BCUT2D eigenvalue weighted by Gasteiger charge is -2.20. The van der Waals surface area contributed by atoms with Crippen LogP contribution in [0.2, 0.25) is 23.1 Å². The van der Waals surface area contributed by atoms with Gasteiger partial charge in [0, 0.05) is 15.0 Å². The molecule has 1 aromatic rings. The van der Waals surface area contributed by atoms with Crippen molar-refractivity contribution in [2.45, 2.75) is 19.7 Å². The van der Waals surface area contributed by atoms with Gasteiger partial charge in [0.05, 0.1) is 6.61 Å². The maximum atomic E-state index is 6.04. The van der Waals surface area contributed by atoms with E-state index in [0.717, 1.165) is 10.5 Å².